The number of aromatic hydroxyl groups is 1. The lowest BCUT2D eigenvalue weighted by Crippen LogP contribution is -2.56. The van der Waals surface area contributed by atoms with E-state index in [1.165, 1.54) is 12.1 Å². The SMILES string of the molecule is CC(C)[C@@H](NC(=O)[C@@H](Cc1ccc(O)cc1)NC(=O)OCc1ccccc1)C(=O)[O-]. The number of carboxylic acids is 1. The van der Waals surface area contributed by atoms with E-state index >= 15 is 0 Å². The second kappa shape index (κ2) is 10.8. The summed E-state index contributed by atoms with van der Waals surface area (Å²) in [6, 6.07) is 12.9. The van der Waals surface area contributed by atoms with Crippen LogP contribution in [0, 0.1) is 5.92 Å². The molecule has 0 radical (unpaired) electrons. The Morgan fingerprint density at radius 3 is 2.17 bits per heavy atom. The molecule has 0 aliphatic carbocycles. The zero-order chi connectivity index (χ0) is 22.1. The quantitative estimate of drug-likeness (QED) is 0.565. The van der Waals surface area contributed by atoms with Crippen molar-refractivity contribution in [2.75, 3.05) is 0 Å². The molecular weight excluding hydrogens is 388 g/mol. The molecule has 8 nitrogen and oxygen atoms in total. The van der Waals surface area contributed by atoms with Gasteiger partial charge in [-0.25, -0.2) is 4.79 Å². The van der Waals surface area contributed by atoms with Crippen molar-refractivity contribution in [1.29, 1.82) is 0 Å². The van der Waals surface area contributed by atoms with Gasteiger partial charge in [0.1, 0.15) is 18.4 Å². The normalized spacial score (nSPS) is 12.6. The van der Waals surface area contributed by atoms with Gasteiger partial charge in [-0.3, -0.25) is 4.79 Å². The first-order valence-electron chi connectivity index (χ1n) is 9.52. The minimum atomic E-state index is -1.41. The standard InChI is InChI=1S/C22H26N2O6/c1-14(2)19(21(27)28)24-20(26)18(12-15-8-10-17(25)11-9-15)23-22(29)30-13-16-6-4-3-5-7-16/h3-11,14,18-19,25H,12-13H2,1-2H3,(H,23,29)(H,24,26)(H,27,28)/p-1/t18-,19-/m1/s1. The Morgan fingerprint density at radius 2 is 1.60 bits per heavy atom. The van der Waals surface area contributed by atoms with Crippen LogP contribution < -0.4 is 15.7 Å². The van der Waals surface area contributed by atoms with Gasteiger partial charge in [0.05, 0.1) is 12.0 Å². The van der Waals surface area contributed by atoms with E-state index in [1.807, 2.05) is 18.2 Å². The molecule has 0 spiro atoms. The smallest absolute Gasteiger partial charge is 0.408 e. The van der Waals surface area contributed by atoms with Crippen LogP contribution in [0.3, 0.4) is 0 Å². The number of rotatable bonds is 9. The molecule has 0 aliphatic heterocycles. The monoisotopic (exact) mass is 413 g/mol. The molecule has 0 fully saturated rings. The molecule has 30 heavy (non-hydrogen) atoms. The summed E-state index contributed by atoms with van der Waals surface area (Å²) in [6.45, 7) is 3.29. The molecule has 160 valence electrons. The first-order valence-corrected chi connectivity index (χ1v) is 9.52. The molecule has 3 N–H and O–H groups in total. The lowest BCUT2D eigenvalue weighted by molar-refractivity contribution is -0.309. The van der Waals surface area contributed by atoms with E-state index in [-0.39, 0.29) is 18.8 Å². The number of ether oxygens (including phenoxy) is 1. The summed E-state index contributed by atoms with van der Waals surface area (Å²) in [5, 5.41) is 25.6. The molecule has 0 saturated carbocycles. The Balaban J connectivity index is 2.09. The molecule has 2 atom stereocenters. The number of hydrogen-bond acceptors (Lipinski definition) is 6. The van der Waals surface area contributed by atoms with Gasteiger partial charge in [-0.05, 0) is 29.2 Å². The number of carbonyl (C=O) groups excluding carboxylic acids is 3. The number of carbonyl (C=O) groups is 3. The predicted octanol–water partition coefficient (Wildman–Crippen LogP) is 1.12. The number of hydrogen-bond donors (Lipinski definition) is 3. The third-order valence-electron chi connectivity index (χ3n) is 4.42. The zero-order valence-corrected chi connectivity index (χ0v) is 16.8. The number of carboxylic acid groups (broad SMARTS) is 1. The fourth-order valence-corrected chi connectivity index (χ4v) is 2.74. The number of aliphatic carboxylic acids is 1. The molecule has 0 heterocycles. The molecule has 8 heteroatoms. The van der Waals surface area contributed by atoms with Gasteiger partial charge in [-0.1, -0.05) is 56.3 Å². The second-order valence-electron chi connectivity index (χ2n) is 7.18. The van der Waals surface area contributed by atoms with Crippen molar-refractivity contribution in [2.45, 2.75) is 39.0 Å². The average molecular weight is 413 g/mol. The second-order valence-corrected chi connectivity index (χ2v) is 7.18. The summed E-state index contributed by atoms with van der Waals surface area (Å²) in [6.07, 6.45) is -0.739. The first-order chi connectivity index (χ1) is 14.3. The van der Waals surface area contributed by atoms with Crippen LogP contribution in [0.2, 0.25) is 0 Å². The van der Waals surface area contributed by atoms with Crippen LogP contribution in [0.1, 0.15) is 25.0 Å². The highest BCUT2D eigenvalue weighted by atomic mass is 16.5. The van der Waals surface area contributed by atoms with Crippen molar-refractivity contribution in [3.05, 3.63) is 65.7 Å². The maximum atomic E-state index is 12.7. The first kappa shape index (κ1) is 22.7. The van der Waals surface area contributed by atoms with Gasteiger partial charge in [0.25, 0.3) is 0 Å². The summed E-state index contributed by atoms with van der Waals surface area (Å²) in [5.41, 5.74) is 1.44. The van der Waals surface area contributed by atoms with E-state index in [2.05, 4.69) is 10.6 Å². The van der Waals surface area contributed by atoms with Gasteiger partial charge in [0.15, 0.2) is 0 Å². The summed E-state index contributed by atoms with van der Waals surface area (Å²) >= 11 is 0. The van der Waals surface area contributed by atoms with Crippen LogP contribution >= 0.6 is 0 Å². The third-order valence-corrected chi connectivity index (χ3v) is 4.42. The number of phenols is 1. The molecule has 2 aromatic rings. The summed E-state index contributed by atoms with van der Waals surface area (Å²) in [5.74, 6) is -2.43. The Morgan fingerprint density at radius 1 is 0.967 bits per heavy atom. The molecule has 2 rings (SSSR count). The number of benzene rings is 2. The molecular formula is C22H25N2O6-. The topological polar surface area (TPSA) is 128 Å². The molecule has 0 aromatic heterocycles. The van der Waals surface area contributed by atoms with Gasteiger partial charge in [-0.2, -0.15) is 0 Å². The highest BCUT2D eigenvalue weighted by Crippen LogP contribution is 2.12. The molecule has 2 amide bonds. The lowest BCUT2D eigenvalue weighted by atomic mass is 10.0. The van der Waals surface area contributed by atoms with Gasteiger partial charge in [0, 0.05) is 6.42 Å². The van der Waals surface area contributed by atoms with Gasteiger partial charge in [-0.15, -0.1) is 0 Å². The van der Waals surface area contributed by atoms with Crippen molar-refractivity contribution >= 4 is 18.0 Å². The maximum absolute atomic E-state index is 12.7. The van der Waals surface area contributed by atoms with E-state index < -0.39 is 36.0 Å². The lowest BCUT2D eigenvalue weighted by Gasteiger charge is -2.26. The number of alkyl carbamates (subject to hydrolysis) is 1. The van der Waals surface area contributed by atoms with Crippen molar-refractivity contribution in [1.82, 2.24) is 10.6 Å². The molecule has 0 aliphatic rings. The van der Waals surface area contributed by atoms with E-state index in [1.54, 1.807) is 38.1 Å². The Hall–Kier alpha value is -3.55. The minimum Gasteiger partial charge on any atom is -0.548 e. The highest BCUT2D eigenvalue weighted by Gasteiger charge is 2.26. The van der Waals surface area contributed by atoms with Crippen molar-refractivity contribution < 1.29 is 29.3 Å². The summed E-state index contributed by atoms with van der Waals surface area (Å²) in [4.78, 5) is 36.3. The van der Waals surface area contributed by atoms with E-state index in [4.69, 9.17) is 4.74 Å². The largest absolute Gasteiger partial charge is 0.548 e. The Bertz CT molecular complexity index is 852. The summed E-state index contributed by atoms with van der Waals surface area (Å²) < 4.78 is 5.17. The Labute approximate surface area is 174 Å². The zero-order valence-electron chi connectivity index (χ0n) is 16.8. The van der Waals surface area contributed by atoms with Gasteiger partial charge in [0.2, 0.25) is 5.91 Å². The van der Waals surface area contributed by atoms with Crippen LogP contribution in [0.5, 0.6) is 5.75 Å². The number of nitrogens with one attached hydrogen (secondary N) is 2. The summed E-state index contributed by atoms with van der Waals surface area (Å²) in [7, 11) is 0. The molecule has 0 saturated heterocycles. The fourth-order valence-electron chi connectivity index (χ4n) is 2.74. The van der Waals surface area contributed by atoms with Gasteiger partial charge < -0.3 is 30.4 Å². The Kier molecular flexibility index (Phi) is 8.22. The number of phenolic OH excluding ortho intramolecular Hbond substituents is 1. The number of amides is 2. The van der Waals surface area contributed by atoms with Crippen LogP contribution in [0.4, 0.5) is 4.79 Å². The average Bonchev–Trinajstić information content (AvgIpc) is 2.71. The highest BCUT2D eigenvalue weighted by molar-refractivity contribution is 5.89. The van der Waals surface area contributed by atoms with Crippen molar-refractivity contribution in [3.63, 3.8) is 0 Å². The maximum Gasteiger partial charge on any atom is 0.408 e. The molecule has 0 unspecified atom stereocenters. The van der Waals surface area contributed by atoms with E-state index in [0.717, 1.165) is 5.56 Å². The van der Waals surface area contributed by atoms with Gasteiger partial charge >= 0.3 is 6.09 Å². The van der Waals surface area contributed by atoms with Crippen LogP contribution in [0.25, 0.3) is 0 Å². The van der Waals surface area contributed by atoms with Crippen molar-refractivity contribution in [3.8, 4) is 5.75 Å². The van der Waals surface area contributed by atoms with Crippen LogP contribution in [-0.4, -0.2) is 35.2 Å². The predicted molar refractivity (Wildman–Crippen MR) is 107 cm³/mol. The molecule has 2 aromatic carbocycles. The van der Waals surface area contributed by atoms with E-state index in [9.17, 15) is 24.6 Å². The third kappa shape index (κ3) is 7.12. The molecule has 0 bridgehead atoms. The van der Waals surface area contributed by atoms with Crippen LogP contribution in [-0.2, 0) is 27.4 Å². The van der Waals surface area contributed by atoms with Crippen LogP contribution in [0.15, 0.2) is 54.6 Å². The fraction of sp³-hybridized carbons (Fsp3) is 0.318. The van der Waals surface area contributed by atoms with E-state index in [0.29, 0.717) is 5.56 Å². The van der Waals surface area contributed by atoms with Crippen molar-refractivity contribution in [2.24, 2.45) is 5.92 Å². The minimum absolute atomic E-state index is 0.0217.